The highest BCUT2D eigenvalue weighted by Crippen LogP contribution is 2.37. The van der Waals surface area contributed by atoms with Gasteiger partial charge in [0.15, 0.2) is 0 Å². The van der Waals surface area contributed by atoms with E-state index < -0.39 is 28.1 Å². The Bertz CT molecular complexity index is 1330. The number of methoxy groups -OCH3 is 1. The largest absolute Gasteiger partial charge is 0.573 e. The maximum atomic E-state index is 12.9. The molecule has 37 heavy (non-hydrogen) atoms. The van der Waals surface area contributed by atoms with E-state index >= 15 is 0 Å². The number of nitrogens with zero attached hydrogens (tertiary/aromatic N) is 2. The fourth-order valence-corrected chi connectivity index (χ4v) is 4.65. The molecule has 10 nitrogen and oxygen atoms in total. The van der Waals surface area contributed by atoms with Crippen LogP contribution in [0.4, 0.5) is 18.0 Å². The van der Waals surface area contributed by atoms with Crippen LogP contribution in [0.15, 0.2) is 65.2 Å². The van der Waals surface area contributed by atoms with Crippen LogP contribution in [-0.4, -0.2) is 68.9 Å². The summed E-state index contributed by atoms with van der Waals surface area (Å²) in [5, 5.41) is 5.09. The zero-order valence-corrected chi connectivity index (χ0v) is 20.2. The van der Waals surface area contributed by atoms with Gasteiger partial charge in [-0.25, -0.2) is 18.4 Å². The van der Waals surface area contributed by atoms with Crippen LogP contribution in [0, 0.1) is 0 Å². The Labute approximate surface area is 210 Å². The van der Waals surface area contributed by atoms with Gasteiger partial charge in [0.1, 0.15) is 18.0 Å². The molecule has 2 aromatic rings. The fraction of sp³-hybridized carbons (Fsp3) is 0.304. The summed E-state index contributed by atoms with van der Waals surface area (Å²) in [6, 6.07) is 10.2. The third-order valence-corrected chi connectivity index (χ3v) is 6.92. The Balaban J connectivity index is 1.37. The van der Waals surface area contributed by atoms with E-state index in [1.807, 2.05) is 0 Å². The highest BCUT2D eigenvalue weighted by Gasteiger charge is 2.50. The lowest BCUT2D eigenvalue weighted by atomic mass is 10.0. The number of primary sulfonamides is 1. The maximum Gasteiger partial charge on any atom is 0.573 e. The molecule has 0 aliphatic carbocycles. The van der Waals surface area contributed by atoms with Gasteiger partial charge in [0.25, 0.3) is 5.91 Å². The molecule has 2 aliphatic heterocycles. The van der Waals surface area contributed by atoms with Gasteiger partial charge >= 0.3 is 12.5 Å². The second-order valence-corrected chi connectivity index (χ2v) is 10.0. The van der Waals surface area contributed by atoms with Gasteiger partial charge in [0.2, 0.25) is 10.0 Å². The quantitative estimate of drug-likeness (QED) is 0.595. The minimum atomic E-state index is -4.80. The zero-order valence-electron chi connectivity index (χ0n) is 19.4. The van der Waals surface area contributed by atoms with Crippen LogP contribution in [0.5, 0.6) is 5.75 Å². The number of hydrogen-bond donors (Lipinski definition) is 1. The number of rotatable bonds is 6. The number of fused-ring (bicyclic) bond motifs is 1. The molecule has 1 atom stereocenters. The van der Waals surface area contributed by atoms with Crippen molar-refractivity contribution in [3.05, 3.63) is 71.4 Å². The Morgan fingerprint density at radius 1 is 1.05 bits per heavy atom. The van der Waals surface area contributed by atoms with E-state index in [9.17, 15) is 31.2 Å². The third kappa shape index (κ3) is 5.87. The lowest BCUT2D eigenvalue weighted by molar-refractivity contribution is -0.274. The minimum absolute atomic E-state index is 0.112. The van der Waals surface area contributed by atoms with Crippen molar-refractivity contribution in [3.63, 3.8) is 0 Å². The first kappa shape index (κ1) is 26.4. The first-order valence-electron chi connectivity index (χ1n) is 10.8. The summed E-state index contributed by atoms with van der Waals surface area (Å²) in [7, 11) is -2.43. The molecule has 1 fully saturated rings. The van der Waals surface area contributed by atoms with Crippen LogP contribution >= 0.6 is 0 Å². The van der Waals surface area contributed by atoms with E-state index in [1.54, 1.807) is 6.20 Å². The summed E-state index contributed by atoms with van der Waals surface area (Å²) < 4.78 is 74.5. The van der Waals surface area contributed by atoms with Crippen molar-refractivity contribution in [2.45, 2.75) is 23.5 Å². The van der Waals surface area contributed by atoms with E-state index in [1.165, 1.54) is 53.3 Å². The number of likely N-dealkylation sites (tertiary alicyclic amines) is 1. The SMILES string of the molecule is COC12CN(C(=O)c3ccc(S(N)(=O)=O)cc3)C=C1CN(C(=O)OCc1ccc(OC(F)(F)F)cc1)C2. The average Bonchev–Trinajstić information content (AvgIpc) is 3.37. The maximum absolute atomic E-state index is 12.9. The van der Waals surface area contributed by atoms with Crippen molar-refractivity contribution in [1.82, 2.24) is 9.80 Å². The van der Waals surface area contributed by atoms with Gasteiger partial charge in [-0.05, 0) is 42.0 Å². The van der Waals surface area contributed by atoms with E-state index in [-0.39, 0.29) is 48.4 Å². The van der Waals surface area contributed by atoms with Crippen molar-refractivity contribution in [1.29, 1.82) is 0 Å². The van der Waals surface area contributed by atoms with Crippen LogP contribution in [-0.2, 0) is 26.1 Å². The number of carbonyl (C=O) groups is 2. The second kappa shape index (κ2) is 9.68. The molecule has 2 heterocycles. The van der Waals surface area contributed by atoms with Crippen LogP contribution in [0.2, 0.25) is 0 Å². The molecule has 1 saturated heterocycles. The van der Waals surface area contributed by atoms with Gasteiger partial charge in [0.05, 0.1) is 18.0 Å². The van der Waals surface area contributed by atoms with E-state index in [4.69, 9.17) is 14.6 Å². The second-order valence-electron chi connectivity index (χ2n) is 8.46. The molecule has 198 valence electrons. The van der Waals surface area contributed by atoms with Gasteiger partial charge in [-0.2, -0.15) is 0 Å². The van der Waals surface area contributed by atoms with Gasteiger partial charge in [-0.3, -0.25) is 4.79 Å². The van der Waals surface area contributed by atoms with Crippen molar-refractivity contribution < 1.29 is 45.4 Å². The number of sulfonamides is 1. The number of carbonyl (C=O) groups excluding carboxylic acids is 2. The van der Waals surface area contributed by atoms with Crippen molar-refractivity contribution in [3.8, 4) is 5.75 Å². The number of nitrogens with two attached hydrogens (primary N) is 1. The molecule has 0 radical (unpaired) electrons. The summed E-state index contributed by atoms with van der Waals surface area (Å²) in [5.41, 5.74) is 0.452. The summed E-state index contributed by atoms with van der Waals surface area (Å²) in [5.74, 6) is -0.769. The average molecular weight is 542 g/mol. The lowest BCUT2D eigenvalue weighted by Gasteiger charge is -2.27. The standard InChI is InChI=1S/C23H22F3N3O7S/c1-34-22-13-28(20(30)16-4-8-19(9-5-16)37(27,32)33)10-17(22)11-29(14-22)21(31)35-12-15-2-6-18(7-3-15)36-23(24,25)26/h2-10H,11-14H2,1H3,(H2,27,32,33). The molecule has 0 bridgehead atoms. The van der Waals surface area contributed by atoms with Gasteiger partial charge in [-0.15, -0.1) is 13.2 Å². The van der Waals surface area contributed by atoms with E-state index in [2.05, 4.69) is 4.74 Å². The van der Waals surface area contributed by atoms with Crippen LogP contribution in [0.25, 0.3) is 0 Å². The fourth-order valence-electron chi connectivity index (χ4n) is 4.13. The normalized spacial score (nSPS) is 19.4. The van der Waals surface area contributed by atoms with Gasteiger partial charge in [-0.1, -0.05) is 12.1 Å². The Hall–Kier alpha value is -3.62. The third-order valence-electron chi connectivity index (χ3n) is 5.99. The van der Waals surface area contributed by atoms with Crippen molar-refractivity contribution in [2.24, 2.45) is 5.14 Å². The molecular formula is C23H22F3N3O7S. The van der Waals surface area contributed by atoms with Crippen LogP contribution < -0.4 is 9.88 Å². The molecule has 0 aromatic heterocycles. The van der Waals surface area contributed by atoms with Crippen LogP contribution in [0.1, 0.15) is 15.9 Å². The van der Waals surface area contributed by atoms with E-state index in [0.29, 0.717) is 11.1 Å². The first-order chi connectivity index (χ1) is 17.3. The number of ether oxygens (including phenoxy) is 3. The predicted octanol–water partition coefficient (Wildman–Crippen LogP) is 2.61. The Morgan fingerprint density at radius 2 is 1.70 bits per heavy atom. The molecule has 0 saturated carbocycles. The highest BCUT2D eigenvalue weighted by molar-refractivity contribution is 7.89. The van der Waals surface area contributed by atoms with Crippen molar-refractivity contribution in [2.75, 3.05) is 26.7 Å². The molecule has 1 unspecified atom stereocenters. The topological polar surface area (TPSA) is 128 Å². The number of benzene rings is 2. The van der Waals surface area contributed by atoms with Crippen molar-refractivity contribution >= 4 is 22.0 Å². The Kier molecular flexibility index (Phi) is 6.92. The number of hydrogen-bond acceptors (Lipinski definition) is 7. The minimum Gasteiger partial charge on any atom is -0.445 e. The van der Waals surface area contributed by atoms with Crippen LogP contribution in [0.3, 0.4) is 0 Å². The summed E-state index contributed by atoms with van der Waals surface area (Å²) >= 11 is 0. The van der Waals surface area contributed by atoms with Gasteiger partial charge < -0.3 is 24.0 Å². The summed E-state index contributed by atoms with van der Waals surface area (Å²) in [4.78, 5) is 28.3. The lowest BCUT2D eigenvalue weighted by Crippen LogP contribution is -2.44. The number of amides is 2. The Morgan fingerprint density at radius 3 is 2.24 bits per heavy atom. The highest BCUT2D eigenvalue weighted by atomic mass is 32.2. The smallest absolute Gasteiger partial charge is 0.445 e. The summed E-state index contributed by atoms with van der Waals surface area (Å²) in [6.07, 6.45) is -3.86. The molecule has 14 heteroatoms. The summed E-state index contributed by atoms with van der Waals surface area (Å²) in [6.45, 7) is 0.207. The van der Waals surface area contributed by atoms with Gasteiger partial charge in [0, 0.05) is 31.0 Å². The van der Waals surface area contributed by atoms with E-state index in [0.717, 1.165) is 12.1 Å². The monoisotopic (exact) mass is 541 g/mol. The number of alkyl halides is 3. The molecular weight excluding hydrogens is 519 g/mol. The molecule has 2 amide bonds. The first-order valence-corrected chi connectivity index (χ1v) is 12.3. The molecule has 0 spiro atoms. The molecule has 2 aliphatic rings. The predicted molar refractivity (Wildman–Crippen MR) is 122 cm³/mol. The molecule has 2 aromatic carbocycles. The molecule has 2 N–H and O–H groups in total. The molecule has 4 rings (SSSR count). The number of halogens is 3. The zero-order chi connectivity index (χ0) is 27.0.